The number of nitrogens with one attached hydrogen (secondary N) is 1. The minimum absolute atomic E-state index is 0.00180. The van der Waals surface area contributed by atoms with Gasteiger partial charge in [-0.15, -0.1) is 0 Å². The number of halogens is 2. The molecule has 4 aromatic carbocycles. The molecule has 1 fully saturated rings. The molecule has 10 nitrogen and oxygen atoms in total. The Morgan fingerprint density at radius 2 is 1.49 bits per heavy atom. The van der Waals surface area contributed by atoms with E-state index >= 15 is 0 Å². The predicted molar refractivity (Wildman–Crippen MR) is 201 cm³/mol. The molecule has 1 aliphatic rings. The third-order valence-corrected chi connectivity index (χ3v) is 11.4. The summed E-state index contributed by atoms with van der Waals surface area (Å²) in [5.41, 5.74) is 1.66. The van der Waals surface area contributed by atoms with E-state index in [4.69, 9.17) is 25.8 Å². The topological polar surface area (TPSA) is 114 Å². The summed E-state index contributed by atoms with van der Waals surface area (Å²) in [6.45, 7) is -0.634. The van der Waals surface area contributed by atoms with Gasteiger partial charge in [-0.1, -0.05) is 82.8 Å². The molecule has 0 heterocycles. The summed E-state index contributed by atoms with van der Waals surface area (Å²) in [7, 11) is -0.236. The number of hydrogen-bond donors (Lipinski definition) is 1. The number of benzene rings is 4. The number of amides is 2. The van der Waals surface area contributed by atoms with Crippen molar-refractivity contribution in [2.75, 3.05) is 32.2 Å². The first kappa shape index (κ1) is 38.0. The zero-order valence-corrected chi connectivity index (χ0v) is 31.8. The second-order valence-corrected chi connectivity index (χ2v) is 15.4. The van der Waals surface area contributed by atoms with Gasteiger partial charge in [-0.3, -0.25) is 13.9 Å². The average molecular weight is 799 g/mol. The molecule has 13 heteroatoms. The smallest absolute Gasteiger partial charge is 0.265 e. The average Bonchev–Trinajstić information content (AvgIpc) is 3.65. The van der Waals surface area contributed by atoms with E-state index in [-0.39, 0.29) is 52.0 Å². The fraction of sp³-hybridized carbons (Fsp3) is 0.316. The number of sulfonamides is 1. The molecule has 1 aliphatic carbocycles. The highest BCUT2D eigenvalue weighted by Crippen LogP contribution is 2.37. The number of ether oxygens (including phenoxy) is 3. The highest BCUT2D eigenvalue weighted by Gasteiger charge is 2.37. The molecule has 0 bridgehead atoms. The van der Waals surface area contributed by atoms with Crippen LogP contribution in [-0.4, -0.2) is 65.1 Å². The standard InChI is InChI=1S/C38H41BrClN3O7S/c1-48-34-19-17-29(40)22-32(34)43(51(46,47)31-18-20-35(49-2)36(23-31)50-3)25-37(44)42(24-27-13-15-28(39)16-14-27)33(21-26-9-5-4-6-10-26)38(45)41-30-11-7-8-12-30/h4-6,9-10,13-20,22-23,30,33H,7-8,11-12,21,24-25H2,1-3H3,(H,41,45)/t33-/m0/s1. The second-order valence-electron chi connectivity index (χ2n) is 12.2. The Balaban J connectivity index is 1.62. The summed E-state index contributed by atoms with van der Waals surface area (Å²) in [6.07, 6.45) is 3.96. The van der Waals surface area contributed by atoms with E-state index in [0.29, 0.717) is 5.75 Å². The van der Waals surface area contributed by atoms with Crippen LogP contribution < -0.4 is 23.8 Å². The number of hydrogen-bond acceptors (Lipinski definition) is 7. The summed E-state index contributed by atoms with van der Waals surface area (Å²) >= 11 is 9.89. The third-order valence-electron chi connectivity index (χ3n) is 8.87. The van der Waals surface area contributed by atoms with Crippen molar-refractivity contribution in [3.05, 3.63) is 112 Å². The summed E-state index contributed by atoms with van der Waals surface area (Å²) < 4.78 is 47.4. The number of carbonyl (C=O) groups is 2. The Morgan fingerprint density at radius 3 is 2.14 bits per heavy atom. The Bertz CT molecular complexity index is 1920. The normalized spacial score (nSPS) is 13.7. The first-order chi connectivity index (χ1) is 24.5. The van der Waals surface area contributed by atoms with Gasteiger partial charge in [-0.05, 0) is 66.4 Å². The van der Waals surface area contributed by atoms with Crippen LogP contribution in [0.25, 0.3) is 0 Å². The largest absolute Gasteiger partial charge is 0.495 e. The molecule has 0 unspecified atom stereocenters. The molecule has 1 atom stereocenters. The SMILES string of the molecule is COc1ccc(S(=O)(=O)N(CC(=O)N(Cc2ccc(Br)cc2)[C@@H](Cc2ccccc2)C(=O)NC2CCCC2)c2cc(Cl)ccc2OC)cc1OC. The van der Waals surface area contributed by atoms with Crippen molar-refractivity contribution in [3.8, 4) is 17.2 Å². The van der Waals surface area contributed by atoms with Crippen LogP contribution in [0.1, 0.15) is 36.8 Å². The molecule has 0 radical (unpaired) electrons. The van der Waals surface area contributed by atoms with E-state index in [1.54, 1.807) is 6.07 Å². The highest BCUT2D eigenvalue weighted by molar-refractivity contribution is 9.10. The first-order valence-electron chi connectivity index (χ1n) is 16.5. The fourth-order valence-electron chi connectivity index (χ4n) is 6.18. The van der Waals surface area contributed by atoms with E-state index < -0.39 is 28.5 Å². The molecule has 4 aromatic rings. The molecule has 2 amide bonds. The molecule has 51 heavy (non-hydrogen) atoms. The van der Waals surface area contributed by atoms with Crippen LogP contribution in [0.15, 0.2) is 100 Å². The zero-order chi connectivity index (χ0) is 36.5. The fourth-order valence-corrected chi connectivity index (χ4v) is 8.05. The van der Waals surface area contributed by atoms with E-state index in [1.165, 1.54) is 56.6 Å². The minimum atomic E-state index is -4.49. The van der Waals surface area contributed by atoms with Gasteiger partial charge in [0.15, 0.2) is 11.5 Å². The molecule has 1 saturated carbocycles. The molecule has 270 valence electrons. The van der Waals surface area contributed by atoms with Gasteiger partial charge in [0.2, 0.25) is 11.8 Å². The number of rotatable bonds is 15. The minimum Gasteiger partial charge on any atom is -0.495 e. The van der Waals surface area contributed by atoms with Crippen LogP contribution >= 0.6 is 27.5 Å². The summed E-state index contributed by atoms with van der Waals surface area (Å²) in [5, 5.41) is 3.42. The van der Waals surface area contributed by atoms with Crippen molar-refractivity contribution in [1.82, 2.24) is 10.2 Å². The molecular weight excluding hydrogens is 758 g/mol. The van der Waals surface area contributed by atoms with Crippen LogP contribution in [0.3, 0.4) is 0 Å². The van der Waals surface area contributed by atoms with Crippen LogP contribution in [-0.2, 0) is 32.6 Å². The quantitative estimate of drug-likeness (QED) is 0.138. The Kier molecular flexibility index (Phi) is 12.9. The monoisotopic (exact) mass is 797 g/mol. The molecule has 5 rings (SSSR count). The third kappa shape index (κ3) is 9.35. The lowest BCUT2D eigenvalue weighted by Crippen LogP contribution is -2.54. The van der Waals surface area contributed by atoms with Gasteiger partial charge >= 0.3 is 0 Å². The van der Waals surface area contributed by atoms with Crippen molar-refractivity contribution < 1.29 is 32.2 Å². The Labute approximate surface area is 312 Å². The van der Waals surface area contributed by atoms with Gasteiger partial charge in [-0.25, -0.2) is 8.42 Å². The molecule has 0 aromatic heterocycles. The lowest BCUT2D eigenvalue weighted by atomic mass is 10.0. The van der Waals surface area contributed by atoms with Gasteiger partial charge in [0, 0.05) is 34.6 Å². The lowest BCUT2D eigenvalue weighted by molar-refractivity contribution is -0.140. The molecule has 0 spiro atoms. The maximum Gasteiger partial charge on any atom is 0.265 e. The van der Waals surface area contributed by atoms with Crippen molar-refractivity contribution in [3.63, 3.8) is 0 Å². The zero-order valence-electron chi connectivity index (χ0n) is 28.7. The number of nitrogens with zero attached hydrogens (tertiary/aromatic N) is 2. The maximum absolute atomic E-state index is 14.9. The van der Waals surface area contributed by atoms with Gasteiger partial charge in [0.1, 0.15) is 18.3 Å². The lowest BCUT2D eigenvalue weighted by Gasteiger charge is -2.34. The molecular formula is C38H41BrClN3O7S. The van der Waals surface area contributed by atoms with Gasteiger partial charge < -0.3 is 24.4 Å². The van der Waals surface area contributed by atoms with Crippen LogP contribution in [0.2, 0.25) is 5.02 Å². The predicted octanol–water partition coefficient (Wildman–Crippen LogP) is 7.02. The molecule has 1 N–H and O–H groups in total. The van der Waals surface area contributed by atoms with Crippen molar-refractivity contribution in [1.29, 1.82) is 0 Å². The summed E-state index contributed by atoms with van der Waals surface area (Å²) in [5.74, 6) is -0.212. The van der Waals surface area contributed by atoms with Gasteiger partial charge in [-0.2, -0.15) is 0 Å². The number of carbonyl (C=O) groups excluding carboxylic acids is 2. The second kappa shape index (κ2) is 17.3. The van der Waals surface area contributed by atoms with Crippen LogP contribution in [0.5, 0.6) is 17.2 Å². The Morgan fingerprint density at radius 1 is 0.843 bits per heavy atom. The van der Waals surface area contributed by atoms with Crippen molar-refractivity contribution in [2.45, 2.75) is 55.6 Å². The molecule has 0 aliphatic heterocycles. The van der Waals surface area contributed by atoms with E-state index in [0.717, 1.165) is 45.6 Å². The van der Waals surface area contributed by atoms with Gasteiger partial charge in [0.05, 0.1) is 31.9 Å². The Hall–Kier alpha value is -4.26. The van der Waals surface area contributed by atoms with Gasteiger partial charge in [0.25, 0.3) is 10.0 Å². The van der Waals surface area contributed by atoms with E-state index in [9.17, 15) is 18.0 Å². The first-order valence-corrected chi connectivity index (χ1v) is 19.1. The van der Waals surface area contributed by atoms with E-state index in [1.807, 2.05) is 54.6 Å². The van der Waals surface area contributed by atoms with Crippen molar-refractivity contribution >= 4 is 55.1 Å². The summed E-state index contributed by atoms with van der Waals surface area (Å²) in [4.78, 5) is 30.4. The maximum atomic E-state index is 14.9. The van der Waals surface area contributed by atoms with Crippen molar-refractivity contribution in [2.24, 2.45) is 0 Å². The number of methoxy groups -OCH3 is 3. The van der Waals surface area contributed by atoms with Crippen LogP contribution in [0.4, 0.5) is 5.69 Å². The molecule has 0 saturated heterocycles. The number of anilines is 1. The highest BCUT2D eigenvalue weighted by atomic mass is 79.9. The van der Waals surface area contributed by atoms with Crippen LogP contribution in [0, 0.1) is 0 Å². The van der Waals surface area contributed by atoms with E-state index in [2.05, 4.69) is 21.2 Å². The summed E-state index contributed by atoms with van der Waals surface area (Å²) in [6, 6.07) is 24.6.